The minimum absolute atomic E-state index is 0.165. The first-order chi connectivity index (χ1) is 9.69. The average molecular weight is 289 g/mol. The summed E-state index contributed by atoms with van der Waals surface area (Å²) >= 11 is 1.48. The fourth-order valence-electron chi connectivity index (χ4n) is 1.82. The fraction of sp³-hybridized carbons (Fsp3) is 0.143. The molecule has 0 unspecified atom stereocenters. The molecule has 0 bridgehead atoms. The van der Waals surface area contributed by atoms with Gasteiger partial charge in [0.25, 0.3) is 0 Å². The Kier molecular flexibility index (Phi) is 3.23. The topological polar surface area (TPSA) is 47.0 Å². The van der Waals surface area contributed by atoms with Crippen molar-refractivity contribution >= 4 is 27.5 Å². The average Bonchev–Trinajstić information content (AvgIpc) is 2.92. The Bertz CT molecular complexity index is 772. The van der Waals surface area contributed by atoms with E-state index in [1.807, 2.05) is 11.4 Å². The number of rotatable bonds is 3. The van der Waals surface area contributed by atoms with E-state index in [-0.39, 0.29) is 11.6 Å². The first kappa shape index (κ1) is 12.8. The Morgan fingerprint density at radius 3 is 2.90 bits per heavy atom. The quantitative estimate of drug-likeness (QED) is 0.792. The van der Waals surface area contributed by atoms with Crippen LogP contribution in [-0.2, 0) is 0 Å². The van der Waals surface area contributed by atoms with Crippen LogP contribution in [0, 0.1) is 12.7 Å². The van der Waals surface area contributed by atoms with Crippen molar-refractivity contribution in [2.45, 2.75) is 6.92 Å². The third-order valence-corrected chi connectivity index (χ3v) is 3.68. The summed E-state index contributed by atoms with van der Waals surface area (Å²) < 4.78 is 19.7. The Morgan fingerprint density at radius 1 is 1.25 bits per heavy atom. The number of halogens is 1. The first-order valence-corrected chi connectivity index (χ1v) is 6.93. The minimum atomic E-state index is -0.375. The maximum absolute atomic E-state index is 14.0. The molecule has 102 valence electrons. The highest BCUT2D eigenvalue weighted by atomic mass is 32.1. The molecule has 1 aromatic carbocycles. The number of benzene rings is 1. The summed E-state index contributed by atoms with van der Waals surface area (Å²) in [5.74, 6) is 0.590. The molecule has 1 N–H and O–H groups in total. The number of nitrogens with zero attached hydrogens (tertiary/aromatic N) is 2. The van der Waals surface area contributed by atoms with Crippen LogP contribution in [0.5, 0.6) is 11.6 Å². The molecule has 0 radical (unpaired) electrons. The maximum atomic E-state index is 14.0. The normalized spacial score (nSPS) is 10.8. The van der Waals surface area contributed by atoms with Gasteiger partial charge in [-0.05, 0) is 30.0 Å². The molecule has 3 rings (SSSR count). The van der Waals surface area contributed by atoms with E-state index in [9.17, 15) is 4.39 Å². The van der Waals surface area contributed by atoms with E-state index in [4.69, 9.17) is 4.74 Å². The van der Waals surface area contributed by atoms with Crippen molar-refractivity contribution in [1.82, 2.24) is 9.97 Å². The van der Waals surface area contributed by atoms with Crippen molar-refractivity contribution in [2.75, 3.05) is 12.4 Å². The van der Waals surface area contributed by atoms with Crippen LogP contribution in [0.15, 0.2) is 29.6 Å². The van der Waals surface area contributed by atoms with Gasteiger partial charge in [-0.3, -0.25) is 0 Å². The van der Waals surface area contributed by atoms with Gasteiger partial charge in [-0.15, -0.1) is 11.3 Å². The lowest BCUT2D eigenvalue weighted by molar-refractivity contribution is 0.430. The highest BCUT2D eigenvalue weighted by molar-refractivity contribution is 7.16. The number of anilines is 1. The van der Waals surface area contributed by atoms with Crippen LogP contribution >= 0.6 is 11.3 Å². The summed E-state index contributed by atoms with van der Waals surface area (Å²) in [6.45, 7) is 1.70. The van der Waals surface area contributed by atoms with E-state index in [1.54, 1.807) is 32.2 Å². The van der Waals surface area contributed by atoms with E-state index < -0.39 is 0 Å². The third-order valence-electron chi connectivity index (χ3n) is 2.88. The van der Waals surface area contributed by atoms with Crippen molar-refractivity contribution in [1.29, 1.82) is 0 Å². The van der Waals surface area contributed by atoms with Gasteiger partial charge in [0.1, 0.15) is 4.83 Å². The Balaban J connectivity index is 2.10. The number of aromatic nitrogens is 2. The summed E-state index contributed by atoms with van der Waals surface area (Å²) in [4.78, 5) is 9.37. The Labute approximate surface area is 119 Å². The largest absolute Gasteiger partial charge is 0.435 e. The molecule has 0 saturated carbocycles. The molecule has 0 aliphatic rings. The molecule has 0 aliphatic heterocycles. The van der Waals surface area contributed by atoms with Crippen molar-refractivity contribution < 1.29 is 9.13 Å². The summed E-state index contributed by atoms with van der Waals surface area (Å²) in [6.07, 6.45) is 0. The molecular weight excluding hydrogens is 277 g/mol. The van der Waals surface area contributed by atoms with Crippen molar-refractivity contribution in [3.8, 4) is 11.6 Å². The van der Waals surface area contributed by atoms with Crippen molar-refractivity contribution in [3.63, 3.8) is 0 Å². The highest BCUT2D eigenvalue weighted by Crippen LogP contribution is 2.32. The summed E-state index contributed by atoms with van der Waals surface area (Å²) in [7, 11) is 1.73. The van der Waals surface area contributed by atoms with Gasteiger partial charge in [0.2, 0.25) is 11.8 Å². The number of hydrogen-bond donors (Lipinski definition) is 1. The predicted octanol–water partition coefficient (Wildman–Crippen LogP) is 3.97. The van der Waals surface area contributed by atoms with Crippen LogP contribution < -0.4 is 10.1 Å². The zero-order valence-electron chi connectivity index (χ0n) is 11.0. The Hall–Kier alpha value is -2.21. The molecule has 0 aliphatic carbocycles. The second kappa shape index (κ2) is 5.05. The zero-order valence-corrected chi connectivity index (χ0v) is 11.8. The molecule has 6 heteroatoms. The van der Waals surface area contributed by atoms with Gasteiger partial charge in [-0.25, -0.2) is 9.37 Å². The Morgan fingerprint density at radius 2 is 2.10 bits per heavy atom. The van der Waals surface area contributed by atoms with Gasteiger partial charge >= 0.3 is 0 Å². The highest BCUT2D eigenvalue weighted by Gasteiger charge is 2.13. The van der Waals surface area contributed by atoms with Crippen LogP contribution in [0.1, 0.15) is 5.56 Å². The van der Waals surface area contributed by atoms with Crippen LogP contribution in [0.25, 0.3) is 10.2 Å². The molecule has 3 aromatic rings. The summed E-state index contributed by atoms with van der Waals surface area (Å²) in [5.41, 5.74) is 0.534. The summed E-state index contributed by atoms with van der Waals surface area (Å²) in [6, 6.07) is 6.89. The molecular formula is C14H12FN3OS. The summed E-state index contributed by atoms with van der Waals surface area (Å²) in [5, 5.41) is 5.55. The SMILES string of the molecule is CNc1nc(Oc2cccc(C)c2F)c2ccsc2n1. The van der Waals surface area contributed by atoms with Gasteiger partial charge in [-0.2, -0.15) is 4.98 Å². The van der Waals surface area contributed by atoms with Crippen LogP contribution in [-0.4, -0.2) is 17.0 Å². The minimum Gasteiger partial charge on any atom is -0.435 e. The van der Waals surface area contributed by atoms with Crippen LogP contribution in [0.3, 0.4) is 0 Å². The van der Waals surface area contributed by atoms with E-state index in [0.29, 0.717) is 17.4 Å². The molecule has 2 heterocycles. The van der Waals surface area contributed by atoms with Gasteiger partial charge in [0, 0.05) is 7.05 Å². The van der Waals surface area contributed by atoms with Gasteiger partial charge in [-0.1, -0.05) is 12.1 Å². The number of fused-ring (bicyclic) bond motifs is 1. The zero-order chi connectivity index (χ0) is 14.1. The van der Waals surface area contributed by atoms with Crippen molar-refractivity contribution in [3.05, 3.63) is 41.0 Å². The van der Waals surface area contributed by atoms with Crippen molar-refractivity contribution in [2.24, 2.45) is 0 Å². The second-order valence-electron chi connectivity index (χ2n) is 4.23. The number of ether oxygens (including phenoxy) is 1. The number of aryl methyl sites for hydroxylation is 1. The molecule has 0 spiro atoms. The number of hydrogen-bond acceptors (Lipinski definition) is 5. The first-order valence-electron chi connectivity index (χ1n) is 6.05. The van der Waals surface area contributed by atoms with E-state index >= 15 is 0 Å². The van der Waals surface area contributed by atoms with E-state index in [1.165, 1.54) is 11.3 Å². The van der Waals surface area contributed by atoms with E-state index in [2.05, 4.69) is 15.3 Å². The van der Waals surface area contributed by atoms with Gasteiger partial charge < -0.3 is 10.1 Å². The van der Waals surface area contributed by atoms with E-state index in [0.717, 1.165) is 10.2 Å². The lowest BCUT2D eigenvalue weighted by Gasteiger charge is -2.09. The van der Waals surface area contributed by atoms with Crippen LogP contribution in [0.2, 0.25) is 0 Å². The standard InChI is InChI=1S/C14H12FN3OS/c1-8-4-3-5-10(11(8)15)19-12-9-6-7-20-13(9)18-14(16-2)17-12/h3-7H,1-2H3,(H,16,17,18). The monoisotopic (exact) mass is 289 g/mol. The number of thiophene rings is 1. The second-order valence-corrected chi connectivity index (χ2v) is 5.13. The van der Waals surface area contributed by atoms with Gasteiger partial charge in [0.05, 0.1) is 5.39 Å². The molecule has 0 atom stereocenters. The molecule has 4 nitrogen and oxygen atoms in total. The fourth-order valence-corrected chi connectivity index (χ4v) is 2.58. The predicted molar refractivity (Wildman–Crippen MR) is 78.2 cm³/mol. The maximum Gasteiger partial charge on any atom is 0.233 e. The molecule has 0 amide bonds. The number of nitrogens with one attached hydrogen (secondary N) is 1. The molecule has 0 saturated heterocycles. The molecule has 2 aromatic heterocycles. The lowest BCUT2D eigenvalue weighted by atomic mass is 10.2. The smallest absolute Gasteiger partial charge is 0.233 e. The third kappa shape index (κ3) is 2.18. The molecule has 0 fully saturated rings. The lowest BCUT2D eigenvalue weighted by Crippen LogP contribution is -1.99. The van der Waals surface area contributed by atoms with Crippen LogP contribution in [0.4, 0.5) is 10.3 Å². The van der Waals surface area contributed by atoms with Gasteiger partial charge in [0.15, 0.2) is 11.6 Å². The molecule has 20 heavy (non-hydrogen) atoms.